The van der Waals surface area contributed by atoms with Gasteiger partial charge in [0.05, 0.1) is 12.6 Å². The SMILES string of the molecule is Cc1ccc(C)c(NC(=S)N(Cc2cccs2)C[C@H]2CCCO2)c1. The van der Waals surface area contributed by atoms with Crippen LogP contribution in [0.1, 0.15) is 28.8 Å². The molecule has 0 spiro atoms. The summed E-state index contributed by atoms with van der Waals surface area (Å²) in [6, 6.07) is 10.7. The van der Waals surface area contributed by atoms with Crippen molar-refractivity contribution >= 4 is 34.4 Å². The van der Waals surface area contributed by atoms with Crippen molar-refractivity contribution in [2.45, 2.75) is 39.3 Å². The molecule has 1 N–H and O–H groups in total. The van der Waals surface area contributed by atoms with E-state index in [1.54, 1.807) is 11.3 Å². The molecule has 1 aliphatic rings. The first kappa shape index (κ1) is 17.4. The van der Waals surface area contributed by atoms with Crippen molar-refractivity contribution < 1.29 is 4.74 Å². The number of rotatable bonds is 5. The summed E-state index contributed by atoms with van der Waals surface area (Å²) in [4.78, 5) is 3.55. The number of aryl methyl sites for hydroxylation is 2. The second-order valence-corrected chi connectivity index (χ2v) is 7.76. The molecule has 24 heavy (non-hydrogen) atoms. The Hall–Kier alpha value is -1.43. The number of hydrogen-bond donors (Lipinski definition) is 1. The molecule has 0 bridgehead atoms. The quantitative estimate of drug-likeness (QED) is 0.778. The molecule has 2 aromatic rings. The van der Waals surface area contributed by atoms with Crippen molar-refractivity contribution in [3.05, 3.63) is 51.7 Å². The van der Waals surface area contributed by atoms with Crippen LogP contribution >= 0.6 is 23.6 Å². The van der Waals surface area contributed by atoms with Gasteiger partial charge < -0.3 is 15.0 Å². The van der Waals surface area contributed by atoms with Gasteiger partial charge in [0.2, 0.25) is 0 Å². The fourth-order valence-electron chi connectivity index (χ4n) is 2.91. The summed E-state index contributed by atoms with van der Waals surface area (Å²) < 4.78 is 5.82. The van der Waals surface area contributed by atoms with Crippen LogP contribution in [-0.2, 0) is 11.3 Å². The number of thiophene rings is 1. The van der Waals surface area contributed by atoms with Crippen molar-refractivity contribution in [2.75, 3.05) is 18.5 Å². The molecule has 1 fully saturated rings. The zero-order valence-electron chi connectivity index (χ0n) is 14.2. The number of nitrogens with one attached hydrogen (secondary N) is 1. The second-order valence-electron chi connectivity index (χ2n) is 6.34. The van der Waals surface area contributed by atoms with Gasteiger partial charge in [-0.3, -0.25) is 0 Å². The van der Waals surface area contributed by atoms with Crippen molar-refractivity contribution in [3.8, 4) is 0 Å². The minimum absolute atomic E-state index is 0.281. The number of anilines is 1. The van der Waals surface area contributed by atoms with E-state index < -0.39 is 0 Å². The molecule has 1 aromatic carbocycles. The fraction of sp³-hybridized carbons (Fsp3) is 0.421. The number of nitrogens with zero attached hydrogens (tertiary/aromatic N) is 1. The Morgan fingerprint density at radius 1 is 1.38 bits per heavy atom. The molecular formula is C19H24N2OS2. The van der Waals surface area contributed by atoms with E-state index in [0.29, 0.717) is 0 Å². The highest BCUT2D eigenvalue weighted by Crippen LogP contribution is 2.20. The summed E-state index contributed by atoms with van der Waals surface area (Å²) in [6.45, 7) is 6.75. The summed E-state index contributed by atoms with van der Waals surface area (Å²) in [5.41, 5.74) is 3.52. The molecule has 0 saturated carbocycles. The lowest BCUT2D eigenvalue weighted by Crippen LogP contribution is -2.39. The van der Waals surface area contributed by atoms with Crippen LogP contribution < -0.4 is 5.32 Å². The van der Waals surface area contributed by atoms with Gasteiger partial charge in [-0.25, -0.2) is 0 Å². The fourth-order valence-corrected chi connectivity index (χ4v) is 3.88. The monoisotopic (exact) mass is 360 g/mol. The lowest BCUT2D eigenvalue weighted by molar-refractivity contribution is 0.0907. The van der Waals surface area contributed by atoms with Crippen LogP contribution in [0, 0.1) is 13.8 Å². The third-order valence-electron chi connectivity index (χ3n) is 4.30. The Balaban J connectivity index is 1.72. The second kappa shape index (κ2) is 8.10. The summed E-state index contributed by atoms with van der Waals surface area (Å²) in [6.07, 6.45) is 2.55. The minimum Gasteiger partial charge on any atom is -0.376 e. The predicted octanol–water partition coefficient (Wildman–Crippen LogP) is 4.74. The van der Waals surface area contributed by atoms with Crippen molar-refractivity contribution in [1.82, 2.24) is 4.90 Å². The highest BCUT2D eigenvalue weighted by molar-refractivity contribution is 7.80. The molecular weight excluding hydrogens is 336 g/mol. The lowest BCUT2D eigenvalue weighted by atomic mass is 10.1. The Labute approximate surface area is 153 Å². The topological polar surface area (TPSA) is 24.5 Å². The van der Waals surface area contributed by atoms with Gasteiger partial charge in [0.1, 0.15) is 0 Å². The molecule has 0 aliphatic carbocycles. The molecule has 0 radical (unpaired) electrons. The van der Waals surface area contributed by atoms with Crippen LogP contribution in [0.2, 0.25) is 0 Å². The van der Waals surface area contributed by atoms with Crippen LogP contribution in [0.3, 0.4) is 0 Å². The first-order valence-electron chi connectivity index (χ1n) is 8.39. The van der Waals surface area contributed by atoms with E-state index in [4.69, 9.17) is 17.0 Å². The zero-order valence-corrected chi connectivity index (χ0v) is 15.9. The van der Waals surface area contributed by atoms with Gasteiger partial charge in [-0.15, -0.1) is 11.3 Å². The van der Waals surface area contributed by atoms with Crippen LogP contribution in [-0.4, -0.2) is 29.3 Å². The molecule has 128 valence electrons. The summed E-state index contributed by atoms with van der Waals surface area (Å²) in [7, 11) is 0. The number of hydrogen-bond acceptors (Lipinski definition) is 3. The summed E-state index contributed by atoms with van der Waals surface area (Å²) in [5, 5.41) is 6.33. The van der Waals surface area contributed by atoms with Crippen LogP contribution in [0.15, 0.2) is 35.7 Å². The third kappa shape index (κ3) is 4.56. The van der Waals surface area contributed by atoms with E-state index in [9.17, 15) is 0 Å². The Morgan fingerprint density at radius 3 is 2.96 bits per heavy atom. The molecule has 5 heteroatoms. The molecule has 0 unspecified atom stereocenters. The first-order valence-corrected chi connectivity index (χ1v) is 9.68. The zero-order chi connectivity index (χ0) is 16.9. The molecule has 3 rings (SSSR count). The summed E-state index contributed by atoms with van der Waals surface area (Å²) in [5.74, 6) is 0. The van der Waals surface area contributed by atoms with Crippen LogP contribution in [0.4, 0.5) is 5.69 Å². The number of thiocarbonyl (C=S) groups is 1. The van der Waals surface area contributed by atoms with Gasteiger partial charge in [-0.2, -0.15) is 0 Å². The average Bonchev–Trinajstić information content (AvgIpc) is 3.24. The first-order chi connectivity index (χ1) is 11.6. The van der Waals surface area contributed by atoms with Crippen LogP contribution in [0.25, 0.3) is 0 Å². The van der Waals surface area contributed by atoms with E-state index in [-0.39, 0.29) is 6.10 Å². The molecule has 0 amide bonds. The van der Waals surface area contributed by atoms with E-state index in [1.165, 1.54) is 16.0 Å². The molecule has 1 atom stereocenters. The molecule has 3 nitrogen and oxygen atoms in total. The molecule has 1 saturated heterocycles. The predicted molar refractivity (Wildman–Crippen MR) is 106 cm³/mol. The smallest absolute Gasteiger partial charge is 0.173 e. The Bertz CT molecular complexity index is 679. The van der Waals surface area contributed by atoms with Crippen molar-refractivity contribution in [2.24, 2.45) is 0 Å². The Kier molecular flexibility index (Phi) is 5.87. The highest BCUT2D eigenvalue weighted by atomic mass is 32.1. The maximum Gasteiger partial charge on any atom is 0.173 e. The van der Waals surface area contributed by atoms with E-state index >= 15 is 0 Å². The maximum absolute atomic E-state index is 5.82. The van der Waals surface area contributed by atoms with E-state index in [0.717, 1.165) is 43.3 Å². The van der Waals surface area contributed by atoms with Crippen molar-refractivity contribution in [3.63, 3.8) is 0 Å². The third-order valence-corrected chi connectivity index (χ3v) is 5.52. The van der Waals surface area contributed by atoms with Gasteiger partial charge >= 0.3 is 0 Å². The largest absolute Gasteiger partial charge is 0.376 e. The summed E-state index contributed by atoms with van der Waals surface area (Å²) >= 11 is 7.50. The van der Waals surface area contributed by atoms with Gasteiger partial charge in [-0.05, 0) is 67.5 Å². The molecule has 1 aromatic heterocycles. The van der Waals surface area contributed by atoms with Gasteiger partial charge in [-0.1, -0.05) is 18.2 Å². The number of benzene rings is 1. The van der Waals surface area contributed by atoms with Gasteiger partial charge in [0.15, 0.2) is 5.11 Å². The molecule has 1 aliphatic heterocycles. The minimum atomic E-state index is 0.281. The molecule has 2 heterocycles. The van der Waals surface area contributed by atoms with E-state index in [2.05, 4.69) is 59.8 Å². The van der Waals surface area contributed by atoms with Gasteiger partial charge in [0, 0.05) is 23.7 Å². The normalized spacial score (nSPS) is 17.0. The maximum atomic E-state index is 5.82. The van der Waals surface area contributed by atoms with Gasteiger partial charge in [0.25, 0.3) is 0 Å². The average molecular weight is 361 g/mol. The van der Waals surface area contributed by atoms with Crippen LogP contribution in [0.5, 0.6) is 0 Å². The Morgan fingerprint density at radius 2 is 2.25 bits per heavy atom. The lowest BCUT2D eigenvalue weighted by Gasteiger charge is -2.28. The number of ether oxygens (including phenoxy) is 1. The van der Waals surface area contributed by atoms with Crippen molar-refractivity contribution in [1.29, 1.82) is 0 Å². The highest BCUT2D eigenvalue weighted by Gasteiger charge is 2.21. The standard InChI is InChI=1S/C19H24N2OS2/c1-14-7-8-15(2)18(11-14)20-19(23)21(12-16-5-3-9-22-16)13-17-6-4-10-24-17/h4,6-8,10-11,16H,3,5,9,12-13H2,1-2H3,(H,20,23)/t16-/m1/s1. The van der Waals surface area contributed by atoms with E-state index in [1.807, 2.05) is 0 Å².